The van der Waals surface area contributed by atoms with E-state index in [0.29, 0.717) is 6.42 Å². The summed E-state index contributed by atoms with van der Waals surface area (Å²) in [5.74, 6) is 0.761. The van der Waals surface area contributed by atoms with E-state index in [1.807, 2.05) is 37.3 Å². The fourth-order valence-corrected chi connectivity index (χ4v) is 3.63. The van der Waals surface area contributed by atoms with Gasteiger partial charge in [-0.2, -0.15) is 0 Å². The molecule has 0 aliphatic carbocycles. The van der Waals surface area contributed by atoms with Crippen molar-refractivity contribution in [1.29, 1.82) is 0 Å². The van der Waals surface area contributed by atoms with E-state index in [1.165, 1.54) is 83.5 Å². The summed E-state index contributed by atoms with van der Waals surface area (Å²) in [7, 11) is 0. The van der Waals surface area contributed by atoms with Gasteiger partial charge in [0.2, 0.25) is 0 Å². The number of hydrogen-bond acceptors (Lipinski definition) is 2. The molecule has 0 fully saturated rings. The van der Waals surface area contributed by atoms with Crippen molar-refractivity contribution in [1.82, 2.24) is 5.32 Å². The first-order valence-corrected chi connectivity index (χ1v) is 12.3. The molecule has 0 aromatic heterocycles. The van der Waals surface area contributed by atoms with Gasteiger partial charge in [0.1, 0.15) is 5.75 Å². The van der Waals surface area contributed by atoms with Gasteiger partial charge in [-0.3, -0.25) is 4.79 Å². The molecule has 29 heavy (non-hydrogen) atoms. The van der Waals surface area contributed by atoms with Crippen LogP contribution in [0.4, 0.5) is 0 Å². The minimum Gasteiger partial charge on any atom is -0.481 e. The number of amides is 1. The molecule has 0 saturated carbocycles. The van der Waals surface area contributed by atoms with E-state index in [1.54, 1.807) is 0 Å². The lowest BCUT2D eigenvalue weighted by Crippen LogP contribution is -2.38. The minimum absolute atomic E-state index is 0.00560. The van der Waals surface area contributed by atoms with Crippen molar-refractivity contribution in [3.05, 3.63) is 30.3 Å². The van der Waals surface area contributed by atoms with Crippen LogP contribution in [0.15, 0.2) is 30.3 Å². The summed E-state index contributed by atoms with van der Waals surface area (Å²) >= 11 is 0. The molecule has 1 aromatic rings. The molecule has 1 aromatic carbocycles. The van der Waals surface area contributed by atoms with Crippen molar-refractivity contribution < 1.29 is 9.53 Å². The Balaban J connectivity index is 1.90. The van der Waals surface area contributed by atoms with Crippen LogP contribution in [0.2, 0.25) is 0 Å². The van der Waals surface area contributed by atoms with Gasteiger partial charge in [-0.1, -0.05) is 116 Å². The van der Waals surface area contributed by atoms with Gasteiger partial charge in [0.05, 0.1) is 0 Å². The largest absolute Gasteiger partial charge is 0.481 e. The summed E-state index contributed by atoms with van der Waals surface area (Å²) in [5.41, 5.74) is 0. The Kier molecular flexibility index (Phi) is 16.3. The van der Waals surface area contributed by atoms with Gasteiger partial charge < -0.3 is 10.1 Å². The number of benzene rings is 1. The Hall–Kier alpha value is -1.51. The number of para-hydroxylation sites is 1. The van der Waals surface area contributed by atoms with Gasteiger partial charge in [-0.25, -0.2) is 0 Å². The fraction of sp³-hybridized carbons (Fsp3) is 0.731. The maximum absolute atomic E-state index is 12.3. The van der Waals surface area contributed by atoms with Gasteiger partial charge >= 0.3 is 0 Å². The molecular weight excluding hydrogens is 358 g/mol. The molecule has 0 bridgehead atoms. The number of nitrogens with one attached hydrogen (secondary N) is 1. The minimum atomic E-state index is -0.399. The predicted octanol–water partition coefficient (Wildman–Crippen LogP) is 7.44. The molecule has 0 aliphatic rings. The maximum Gasteiger partial charge on any atom is 0.261 e. The molecule has 1 unspecified atom stereocenters. The second kappa shape index (κ2) is 18.5. The average Bonchev–Trinajstić information content (AvgIpc) is 2.75. The van der Waals surface area contributed by atoms with Crippen LogP contribution in [0.25, 0.3) is 0 Å². The van der Waals surface area contributed by atoms with Gasteiger partial charge in [0.15, 0.2) is 6.10 Å². The fourth-order valence-electron chi connectivity index (χ4n) is 3.63. The van der Waals surface area contributed by atoms with E-state index in [4.69, 9.17) is 4.74 Å². The Morgan fingerprint density at radius 2 is 1.24 bits per heavy atom. The van der Waals surface area contributed by atoms with E-state index in [-0.39, 0.29) is 5.91 Å². The molecule has 1 N–H and O–H groups in total. The molecule has 1 rings (SSSR count). The molecule has 1 atom stereocenters. The molecule has 3 heteroatoms. The highest BCUT2D eigenvalue weighted by atomic mass is 16.5. The van der Waals surface area contributed by atoms with Crippen molar-refractivity contribution in [2.24, 2.45) is 0 Å². The predicted molar refractivity (Wildman–Crippen MR) is 124 cm³/mol. The molecule has 3 nitrogen and oxygen atoms in total. The zero-order chi connectivity index (χ0) is 21.0. The quantitative estimate of drug-likeness (QED) is 0.244. The number of carbonyl (C=O) groups is 1. The van der Waals surface area contributed by atoms with Crippen LogP contribution in [-0.2, 0) is 4.79 Å². The lowest BCUT2D eigenvalue weighted by Gasteiger charge is -2.17. The Labute approximate surface area is 180 Å². The molecule has 0 saturated heterocycles. The zero-order valence-electron chi connectivity index (χ0n) is 19.1. The summed E-state index contributed by atoms with van der Waals surface area (Å²) in [6.45, 7) is 5.02. The number of ether oxygens (including phenoxy) is 1. The van der Waals surface area contributed by atoms with E-state index in [2.05, 4.69) is 12.2 Å². The molecule has 166 valence electrons. The third-order valence-electron chi connectivity index (χ3n) is 5.51. The standard InChI is InChI=1S/C26H45NO2/c1-3-5-6-7-8-9-10-11-12-13-14-15-16-20-23-27-26(28)25(4-2)29-24-21-18-17-19-22-24/h17-19,21-22,25H,3-16,20,23H2,1-2H3,(H,27,28). The van der Waals surface area contributed by atoms with Crippen molar-refractivity contribution in [3.8, 4) is 5.75 Å². The van der Waals surface area contributed by atoms with Crippen LogP contribution in [0.5, 0.6) is 5.75 Å². The SMILES string of the molecule is CCCCCCCCCCCCCCCCNC(=O)C(CC)Oc1ccccc1. The molecule has 0 aliphatic heterocycles. The molecular formula is C26H45NO2. The van der Waals surface area contributed by atoms with Gasteiger partial charge in [-0.15, -0.1) is 0 Å². The first kappa shape index (κ1) is 25.5. The highest BCUT2D eigenvalue weighted by molar-refractivity contribution is 5.81. The van der Waals surface area contributed by atoms with Crippen LogP contribution in [-0.4, -0.2) is 18.6 Å². The van der Waals surface area contributed by atoms with Crippen LogP contribution in [0, 0.1) is 0 Å². The molecule has 1 amide bonds. The summed E-state index contributed by atoms with van der Waals surface area (Å²) < 4.78 is 5.79. The van der Waals surface area contributed by atoms with E-state index in [0.717, 1.165) is 18.7 Å². The molecule has 0 radical (unpaired) electrons. The van der Waals surface area contributed by atoms with E-state index >= 15 is 0 Å². The second-order valence-electron chi connectivity index (χ2n) is 8.22. The summed E-state index contributed by atoms with van der Waals surface area (Å²) in [4.78, 5) is 12.3. The first-order valence-electron chi connectivity index (χ1n) is 12.3. The number of unbranched alkanes of at least 4 members (excludes halogenated alkanes) is 13. The highest BCUT2D eigenvalue weighted by Gasteiger charge is 2.17. The summed E-state index contributed by atoms with van der Waals surface area (Å²) in [6, 6.07) is 9.58. The van der Waals surface area contributed by atoms with Gasteiger partial charge in [0, 0.05) is 6.54 Å². The Morgan fingerprint density at radius 3 is 1.72 bits per heavy atom. The number of carbonyl (C=O) groups excluding carboxylic acids is 1. The van der Waals surface area contributed by atoms with E-state index < -0.39 is 6.10 Å². The monoisotopic (exact) mass is 403 g/mol. The van der Waals surface area contributed by atoms with Crippen LogP contribution < -0.4 is 10.1 Å². The Morgan fingerprint density at radius 1 is 0.759 bits per heavy atom. The topological polar surface area (TPSA) is 38.3 Å². The summed E-state index contributed by atoms with van der Waals surface area (Å²) in [5, 5.41) is 3.03. The highest BCUT2D eigenvalue weighted by Crippen LogP contribution is 2.14. The first-order chi connectivity index (χ1) is 14.3. The average molecular weight is 404 g/mol. The lowest BCUT2D eigenvalue weighted by atomic mass is 10.0. The third kappa shape index (κ3) is 14.2. The van der Waals surface area contributed by atoms with Crippen LogP contribution in [0.1, 0.15) is 110 Å². The normalized spacial score (nSPS) is 11.9. The number of rotatable bonds is 19. The zero-order valence-corrected chi connectivity index (χ0v) is 19.1. The van der Waals surface area contributed by atoms with Gasteiger partial charge in [-0.05, 0) is 25.0 Å². The van der Waals surface area contributed by atoms with Crippen molar-refractivity contribution in [2.75, 3.05) is 6.54 Å². The van der Waals surface area contributed by atoms with Crippen LogP contribution >= 0.6 is 0 Å². The van der Waals surface area contributed by atoms with Crippen LogP contribution in [0.3, 0.4) is 0 Å². The molecule has 0 spiro atoms. The third-order valence-corrected chi connectivity index (χ3v) is 5.51. The smallest absolute Gasteiger partial charge is 0.261 e. The number of hydrogen-bond donors (Lipinski definition) is 1. The molecule has 0 heterocycles. The van der Waals surface area contributed by atoms with Gasteiger partial charge in [0.25, 0.3) is 5.91 Å². The Bertz CT molecular complexity index is 489. The van der Waals surface area contributed by atoms with E-state index in [9.17, 15) is 4.79 Å². The second-order valence-corrected chi connectivity index (χ2v) is 8.22. The summed E-state index contributed by atoms with van der Waals surface area (Å²) in [6.07, 6.45) is 19.2. The van der Waals surface area contributed by atoms with Crippen molar-refractivity contribution >= 4 is 5.91 Å². The maximum atomic E-state index is 12.3. The lowest BCUT2D eigenvalue weighted by molar-refractivity contribution is -0.128. The van der Waals surface area contributed by atoms with Crippen molar-refractivity contribution in [2.45, 2.75) is 116 Å². The van der Waals surface area contributed by atoms with Crippen molar-refractivity contribution in [3.63, 3.8) is 0 Å².